The fraction of sp³-hybridized carbons (Fsp3) is 0.304. The molecule has 0 bridgehead atoms. The molecule has 1 N–H and O–H groups in total. The molecule has 6 heteroatoms. The first kappa shape index (κ1) is 19.5. The lowest BCUT2D eigenvalue weighted by molar-refractivity contribution is 0.340. The zero-order valence-electron chi connectivity index (χ0n) is 17.2. The van der Waals surface area contributed by atoms with E-state index in [0.29, 0.717) is 11.7 Å². The van der Waals surface area contributed by atoms with Crippen LogP contribution >= 0.6 is 12.2 Å². The predicted octanol–water partition coefficient (Wildman–Crippen LogP) is 4.61. The Balaban J connectivity index is 1.82. The van der Waals surface area contributed by atoms with Gasteiger partial charge in [-0.1, -0.05) is 6.07 Å². The molecule has 1 aliphatic heterocycles. The number of thiocarbonyl (C=S) groups is 1. The van der Waals surface area contributed by atoms with Gasteiger partial charge in [-0.05, 0) is 81.0 Å². The standard InChI is InChI=1S/C23H26N4OS/c1-5-28-18-11-9-17(10-12-18)27-22(19-14-15(2)26(4)16(19)3)21(25-23(27)29)20-8-6-7-13-24-20/h6-14,21-22H,5H2,1-4H3,(H,25,29)/t21-,22-/m1/s1. The molecule has 0 unspecified atom stereocenters. The minimum atomic E-state index is -0.0317. The van der Waals surface area contributed by atoms with Crippen LogP contribution in [-0.2, 0) is 7.05 Å². The molecule has 0 aliphatic carbocycles. The summed E-state index contributed by atoms with van der Waals surface area (Å²) in [5.74, 6) is 0.860. The van der Waals surface area contributed by atoms with Crippen LogP contribution in [0.5, 0.6) is 5.75 Å². The Labute approximate surface area is 177 Å². The maximum absolute atomic E-state index is 5.79. The Morgan fingerprint density at radius 2 is 1.90 bits per heavy atom. The number of benzene rings is 1. The molecule has 3 heterocycles. The SMILES string of the molecule is CCOc1ccc(N2C(=S)N[C@H](c3ccccn3)[C@H]2c2cc(C)n(C)c2C)cc1. The summed E-state index contributed by atoms with van der Waals surface area (Å²) in [5, 5.41) is 4.22. The summed E-state index contributed by atoms with van der Waals surface area (Å²) in [5.41, 5.74) is 5.73. The van der Waals surface area contributed by atoms with Crippen molar-refractivity contribution < 1.29 is 4.74 Å². The van der Waals surface area contributed by atoms with Gasteiger partial charge in [0, 0.05) is 30.3 Å². The predicted molar refractivity (Wildman–Crippen MR) is 120 cm³/mol. The average molecular weight is 407 g/mol. The summed E-state index contributed by atoms with van der Waals surface area (Å²) in [4.78, 5) is 6.82. The number of aryl methyl sites for hydroxylation is 1. The van der Waals surface area contributed by atoms with Gasteiger partial charge in [0.25, 0.3) is 0 Å². The van der Waals surface area contributed by atoms with E-state index in [-0.39, 0.29) is 12.1 Å². The van der Waals surface area contributed by atoms with Crippen LogP contribution < -0.4 is 15.0 Å². The molecule has 5 nitrogen and oxygen atoms in total. The van der Waals surface area contributed by atoms with Gasteiger partial charge in [0.15, 0.2) is 5.11 Å². The first-order valence-corrected chi connectivity index (χ1v) is 10.3. The van der Waals surface area contributed by atoms with E-state index in [1.165, 1.54) is 17.0 Å². The number of rotatable bonds is 5. The lowest BCUT2D eigenvalue weighted by Crippen LogP contribution is -2.29. The summed E-state index contributed by atoms with van der Waals surface area (Å²) >= 11 is 5.79. The number of anilines is 1. The molecule has 29 heavy (non-hydrogen) atoms. The molecule has 4 rings (SSSR count). The second-order valence-corrected chi connectivity index (χ2v) is 7.70. The summed E-state index contributed by atoms with van der Waals surface area (Å²) in [6.45, 7) is 6.93. The number of hydrogen-bond donors (Lipinski definition) is 1. The minimum absolute atomic E-state index is 0.00948. The molecule has 150 valence electrons. The van der Waals surface area contributed by atoms with E-state index in [9.17, 15) is 0 Å². The van der Waals surface area contributed by atoms with Crippen LogP contribution in [0.3, 0.4) is 0 Å². The highest BCUT2D eigenvalue weighted by Crippen LogP contribution is 2.43. The number of ether oxygens (including phenoxy) is 1. The van der Waals surface area contributed by atoms with Crippen molar-refractivity contribution >= 4 is 23.0 Å². The molecule has 2 atom stereocenters. The van der Waals surface area contributed by atoms with Crippen LogP contribution in [0.4, 0.5) is 5.69 Å². The fourth-order valence-electron chi connectivity index (χ4n) is 4.00. The molecule has 1 aliphatic rings. The first-order valence-electron chi connectivity index (χ1n) is 9.87. The number of aromatic nitrogens is 2. The zero-order valence-corrected chi connectivity index (χ0v) is 18.0. The van der Waals surface area contributed by atoms with Gasteiger partial charge in [-0.3, -0.25) is 4.98 Å². The van der Waals surface area contributed by atoms with E-state index in [2.05, 4.69) is 64.9 Å². The smallest absolute Gasteiger partial charge is 0.174 e. The van der Waals surface area contributed by atoms with Crippen LogP contribution in [0.25, 0.3) is 0 Å². The Morgan fingerprint density at radius 1 is 1.14 bits per heavy atom. The summed E-state index contributed by atoms with van der Waals surface area (Å²) in [7, 11) is 2.10. The highest BCUT2D eigenvalue weighted by Gasteiger charge is 2.42. The van der Waals surface area contributed by atoms with Gasteiger partial charge in [0.1, 0.15) is 5.75 Å². The second-order valence-electron chi connectivity index (χ2n) is 7.31. The van der Waals surface area contributed by atoms with E-state index < -0.39 is 0 Å². The Bertz CT molecular complexity index is 1010. The van der Waals surface area contributed by atoms with Crippen molar-refractivity contribution in [3.05, 3.63) is 77.4 Å². The lowest BCUT2D eigenvalue weighted by atomic mass is 9.96. The van der Waals surface area contributed by atoms with Crippen molar-refractivity contribution in [1.29, 1.82) is 0 Å². The summed E-state index contributed by atoms with van der Waals surface area (Å²) in [6.07, 6.45) is 1.83. The van der Waals surface area contributed by atoms with Gasteiger partial charge in [0.05, 0.1) is 24.4 Å². The van der Waals surface area contributed by atoms with Crippen molar-refractivity contribution in [2.24, 2.45) is 7.05 Å². The normalized spacial score (nSPS) is 18.8. The molecule has 3 aromatic rings. The van der Waals surface area contributed by atoms with Crippen LogP contribution in [0, 0.1) is 13.8 Å². The van der Waals surface area contributed by atoms with E-state index in [1.807, 2.05) is 37.4 Å². The summed E-state index contributed by atoms with van der Waals surface area (Å²) in [6, 6.07) is 16.4. The maximum atomic E-state index is 5.79. The Hall–Kier alpha value is -2.86. The lowest BCUT2D eigenvalue weighted by Gasteiger charge is -2.28. The van der Waals surface area contributed by atoms with Crippen molar-refractivity contribution in [3.63, 3.8) is 0 Å². The quantitative estimate of drug-likeness (QED) is 0.627. The van der Waals surface area contributed by atoms with Crippen molar-refractivity contribution in [2.75, 3.05) is 11.5 Å². The number of nitrogens with one attached hydrogen (secondary N) is 1. The van der Waals surface area contributed by atoms with Crippen LogP contribution in [-0.4, -0.2) is 21.3 Å². The average Bonchev–Trinajstić information content (AvgIpc) is 3.21. The zero-order chi connectivity index (χ0) is 20.5. The van der Waals surface area contributed by atoms with Gasteiger partial charge in [-0.2, -0.15) is 0 Å². The third-order valence-corrected chi connectivity index (χ3v) is 5.97. The van der Waals surface area contributed by atoms with Crippen molar-refractivity contribution in [3.8, 4) is 5.75 Å². The maximum Gasteiger partial charge on any atom is 0.174 e. The van der Waals surface area contributed by atoms with Crippen molar-refractivity contribution in [2.45, 2.75) is 32.9 Å². The third-order valence-electron chi connectivity index (χ3n) is 5.66. The van der Waals surface area contributed by atoms with Gasteiger partial charge in [-0.25, -0.2) is 0 Å². The Morgan fingerprint density at radius 3 is 2.48 bits per heavy atom. The monoisotopic (exact) mass is 406 g/mol. The minimum Gasteiger partial charge on any atom is -0.494 e. The molecule has 1 saturated heterocycles. The molecular formula is C23H26N4OS. The van der Waals surface area contributed by atoms with Crippen LogP contribution in [0.1, 0.15) is 41.7 Å². The van der Waals surface area contributed by atoms with Crippen LogP contribution in [0.15, 0.2) is 54.7 Å². The molecule has 0 saturated carbocycles. The molecule has 1 fully saturated rings. The Kier molecular flexibility index (Phi) is 5.28. The number of pyridine rings is 1. The van der Waals surface area contributed by atoms with Crippen LogP contribution in [0.2, 0.25) is 0 Å². The summed E-state index contributed by atoms with van der Waals surface area (Å²) < 4.78 is 7.83. The highest BCUT2D eigenvalue weighted by atomic mass is 32.1. The van der Waals surface area contributed by atoms with E-state index in [1.54, 1.807) is 0 Å². The molecular weight excluding hydrogens is 380 g/mol. The van der Waals surface area contributed by atoms with Gasteiger partial charge in [0.2, 0.25) is 0 Å². The van der Waals surface area contributed by atoms with E-state index in [0.717, 1.165) is 17.1 Å². The molecule has 2 aromatic heterocycles. The molecule has 0 spiro atoms. The largest absolute Gasteiger partial charge is 0.494 e. The van der Waals surface area contributed by atoms with Gasteiger partial charge < -0.3 is 19.5 Å². The first-order chi connectivity index (χ1) is 14.0. The molecule has 0 radical (unpaired) electrons. The molecule has 0 amide bonds. The topological polar surface area (TPSA) is 42.3 Å². The third kappa shape index (κ3) is 3.49. The van der Waals surface area contributed by atoms with Crippen molar-refractivity contribution in [1.82, 2.24) is 14.9 Å². The number of nitrogens with zero attached hydrogens (tertiary/aromatic N) is 3. The molecule has 1 aromatic carbocycles. The van der Waals surface area contributed by atoms with Gasteiger partial charge in [-0.15, -0.1) is 0 Å². The van der Waals surface area contributed by atoms with E-state index >= 15 is 0 Å². The fourth-order valence-corrected chi connectivity index (χ4v) is 4.35. The van der Waals surface area contributed by atoms with Gasteiger partial charge >= 0.3 is 0 Å². The second kappa shape index (κ2) is 7.87. The van der Waals surface area contributed by atoms with E-state index in [4.69, 9.17) is 17.0 Å². The highest BCUT2D eigenvalue weighted by molar-refractivity contribution is 7.80. The number of hydrogen-bond acceptors (Lipinski definition) is 3.